The van der Waals surface area contributed by atoms with Crippen molar-refractivity contribution in [2.75, 3.05) is 18.4 Å². The van der Waals surface area contributed by atoms with Crippen molar-refractivity contribution in [1.82, 2.24) is 10.6 Å². The van der Waals surface area contributed by atoms with E-state index in [2.05, 4.69) is 16.0 Å². The van der Waals surface area contributed by atoms with Gasteiger partial charge in [0.05, 0.1) is 20.5 Å². The summed E-state index contributed by atoms with van der Waals surface area (Å²) in [4.78, 5) is 25.5. The third-order valence-corrected chi connectivity index (χ3v) is 5.59. The molecule has 2 heterocycles. The molecule has 1 aliphatic rings. The molecular formula is C18H21Cl2N3O2S. The lowest BCUT2D eigenvalue weighted by atomic mass is 10.1. The predicted molar refractivity (Wildman–Crippen MR) is 109 cm³/mol. The van der Waals surface area contributed by atoms with E-state index < -0.39 is 0 Å². The minimum atomic E-state index is -0.282. The third-order valence-electron chi connectivity index (χ3n) is 4.11. The second-order valence-electron chi connectivity index (χ2n) is 6.07. The van der Waals surface area contributed by atoms with Crippen molar-refractivity contribution in [3.05, 3.63) is 51.4 Å². The Kier molecular flexibility index (Phi) is 7.46. The highest BCUT2D eigenvalue weighted by molar-refractivity contribution is 7.18. The maximum Gasteiger partial charge on any atom is 0.261 e. The number of rotatable bonds is 4. The van der Waals surface area contributed by atoms with Crippen LogP contribution in [0, 0.1) is 6.92 Å². The highest BCUT2D eigenvalue weighted by Gasteiger charge is 2.20. The average Bonchev–Trinajstić information content (AvgIpc) is 2.96. The third kappa shape index (κ3) is 4.98. The summed E-state index contributed by atoms with van der Waals surface area (Å²) in [6, 6.07) is 8.85. The predicted octanol–water partition coefficient (Wildman–Crippen LogP) is 3.87. The lowest BCUT2D eigenvalue weighted by Gasteiger charge is -2.23. The summed E-state index contributed by atoms with van der Waals surface area (Å²) in [6.45, 7) is 3.67. The molecule has 0 spiro atoms. The van der Waals surface area contributed by atoms with Gasteiger partial charge in [-0.2, -0.15) is 0 Å². The van der Waals surface area contributed by atoms with Crippen LogP contribution in [-0.2, 0) is 0 Å². The lowest BCUT2D eigenvalue weighted by molar-refractivity contribution is 0.0933. The van der Waals surface area contributed by atoms with Crippen LogP contribution in [0.2, 0.25) is 5.02 Å². The first-order valence-corrected chi connectivity index (χ1v) is 9.42. The van der Waals surface area contributed by atoms with Gasteiger partial charge in [0.15, 0.2) is 0 Å². The number of hydrogen-bond acceptors (Lipinski definition) is 4. The molecular weight excluding hydrogens is 393 g/mol. The number of benzene rings is 1. The van der Waals surface area contributed by atoms with Crippen LogP contribution in [0.4, 0.5) is 5.00 Å². The van der Waals surface area contributed by atoms with E-state index in [-0.39, 0.29) is 30.3 Å². The van der Waals surface area contributed by atoms with E-state index in [4.69, 9.17) is 11.6 Å². The Hall–Kier alpha value is -1.60. The van der Waals surface area contributed by atoms with Gasteiger partial charge in [-0.3, -0.25) is 9.59 Å². The summed E-state index contributed by atoms with van der Waals surface area (Å²) >= 11 is 7.33. The molecule has 0 unspecified atom stereocenters. The summed E-state index contributed by atoms with van der Waals surface area (Å²) in [6.07, 6.45) is 2.05. The number of anilines is 1. The quantitative estimate of drug-likeness (QED) is 0.712. The molecule has 140 valence electrons. The molecule has 0 aliphatic carbocycles. The molecule has 1 aliphatic heterocycles. The Balaban J connectivity index is 0.00000243. The zero-order chi connectivity index (χ0) is 17.8. The standard InChI is InChI=1S/C18H20ClN3O2S.ClH/c1-11-9-15(22-17(23)13-6-2-3-7-14(13)19)25-16(11)18(24)21-12-5-4-8-20-10-12;/h2-3,6-7,9,12,20H,4-5,8,10H2,1H3,(H,21,24)(H,22,23);1H/t12-;/m0./s1. The number of amides is 2. The lowest BCUT2D eigenvalue weighted by Crippen LogP contribution is -2.45. The molecule has 1 atom stereocenters. The molecule has 3 N–H and O–H groups in total. The Bertz CT molecular complexity index is 788. The minimum Gasteiger partial charge on any atom is -0.347 e. The first-order chi connectivity index (χ1) is 12.0. The molecule has 1 aromatic heterocycles. The van der Waals surface area contributed by atoms with Crippen molar-refractivity contribution in [2.45, 2.75) is 25.8 Å². The summed E-state index contributed by atoms with van der Waals surface area (Å²) in [5.74, 6) is -0.371. The molecule has 1 aromatic carbocycles. The molecule has 3 rings (SSSR count). The van der Waals surface area contributed by atoms with Gasteiger partial charge in [-0.25, -0.2) is 0 Å². The molecule has 0 bridgehead atoms. The number of aryl methyl sites for hydroxylation is 1. The largest absolute Gasteiger partial charge is 0.347 e. The first-order valence-electron chi connectivity index (χ1n) is 8.22. The number of piperidine rings is 1. The van der Waals surface area contributed by atoms with Crippen molar-refractivity contribution < 1.29 is 9.59 Å². The van der Waals surface area contributed by atoms with Crippen molar-refractivity contribution in [1.29, 1.82) is 0 Å². The second-order valence-corrected chi connectivity index (χ2v) is 7.53. The van der Waals surface area contributed by atoms with E-state index in [0.717, 1.165) is 31.5 Å². The fraction of sp³-hybridized carbons (Fsp3) is 0.333. The summed E-state index contributed by atoms with van der Waals surface area (Å²) < 4.78 is 0. The number of halogens is 2. The van der Waals surface area contributed by atoms with E-state index in [1.165, 1.54) is 11.3 Å². The van der Waals surface area contributed by atoms with Gasteiger partial charge in [-0.1, -0.05) is 23.7 Å². The van der Waals surface area contributed by atoms with Crippen LogP contribution in [0.5, 0.6) is 0 Å². The number of nitrogens with one attached hydrogen (secondary N) is 3. The molecule has 2 aromatic rings. The van der Waals surface area contributed by atoms with E-state index in [9.17, 15) is 9.59 Å². The van der Waals surface area contributed by atoms with Crippen LogP contribution in [0.1, 0.15) is 38.4 Å². The molecule has 1 fully saturated rings. The molecule has 8 heteroatoms. The van der Waals surface area contributed by atoms with Gasteiger partial charge < -0.3 is 16.0 Å². The highest BCUT2D eigenvalue weighted by Crippen LogP contribution is 2.28. The van der Waals surface area contributed by atoms with Gasteiger partial charge in [0.25, 0.3) is 11.8 Å². The van der Waals surface area contributed by atoms with Gasteiger partial charge in [0.2, 0.25) is 0 Å². The number of hydrogen-bond donors (Lipinski definition) is 3. The SMILES string of the molecule is Cc1cc(NC(=O)c2ccccc2Cl)sc1C(=O)N[C@H]1CCCNC1.Cl. The van der Waals surface area contributed by atoms with Crippen LogP contribution in [0.15, 0.2) is 30.3 Å². The van der Waals surface area contributed by atoms with E-state index in [1.54, 1.807) is 24.3 Å². The van der Waals surface area contributed by atoms with Gasteiger partial charge >= 0.3 is 0 Å². The molecule has 2 amide bonds. The molecule has 0 radical (unpaired) electrons. The maximum atomic E-state index is 12.5. The van der Waals surface area contributed by atoms with Crippen molar-refractivity contribution in [2.24, 2.45) is 0 Å². The Morgan fingerprint density at radius 2 is 2.04 bits per heavy atom. The number of thiophene rings is 1. The number of carbonyl (C=O) groups excluding carboxylic acids is 2. The van der Waals surface area contributed by atoms with E-state index in [0.29, 0.717) is 20.5 Å². The van der Waals surface area contributed by atoms with Crippen LogP contribution < -0.4 is 16.0 Å². The number of carbonyl (C=O) groups is 2. The Morgan fingerprint density at radius 3 is 2.73 bits per heavy atom. The normalized spacial score (nSPS) is 16.5. The zero-order valence-corrected chi connectivity index (χ0v) is 16.7. The average molecular weight is 414 g/mol. The fourth-order valence-electron chi connectivity index (χ4n) is 2.82. The highest BCUT2D eigenvalue weighted by atomic mass is 35.5. The van der Waals surface area contributed by atoms with Crippen molar-refractivity contribution in [3.8, 4) is 0 Å². The first kappa shape index (κ1) is 20.7. The summed E-state index contributed by atoms with van der Waals surface area (Å²) in [5.41, 5.74) is 1.26. The van der Waals surface area contributed by atoms with E-state index in [1.807, 2.05) is 13.0 Å². The minimum absolute atomic E-state index is 0. The molecule has 5 nitrogen and oxygen atoms in total. The molecule has 26 heavy (non-hydrogen) atoms. The fourth-order valence-corrected chi connectivity index (χ4v) is 4.01. The van der Waals surface area contributed by atoms with Crippen LogP contribution in [0.25, 0.3) is 0 Å². The van der Waals surface area contributed by atoms with Crippen molar-refractivity contribution in [3.63, 3.8) is 0 Å². The zero-order valence-electron chi connectivity index (χ0n) is 14.3. The Morgan fingerprint density at radius 1 is 1.27 bits per heavy atom. The van der Waals surface area contributed by atoms with Crippen LogP contribution in [-0.4, -0.2) is 30.9 Å². The topological polar surface area (TPSA) is 70.2 Å². The maximum absolute atomic E-state index is 12.5. The van der Waals surface area contributed by atoms with Gasteiger partial charge in [-0.05, 0) is 50.1 Å². The second kappa shape index (κ2) is 9.37. The monoisotopic (exact) mass is 413 g/mol. The van der Waals surface area contributed by atoms with Gasteiger partial charge in [0, 0.05) is 12.6 Å². The molecule has 1 saturated heterocycles. The van der Waals surface area contributed by atoms with Crippen LogP contribution >= 0.6 is 35.3 Å². The van der Waals surface area contributed by atoms with Crippen molar-refractivity contribution >= 4 is 52.2 Å². The smallest absolute Gasteiger partial charge is 0.261 e. The molecule has 0 saturated carbocycles. The summed E-state index contributed by atoms with van der Waals surface area (Å²) in [5, 5.41) is 10.2. The van der Waals surface area contributed by atoms with Gasteiger partial charge in [0.1, 0.15) is 0 Å². The van der Waals surface area contributed by atoms with Crippen LogP contribution in [0.3, 0.4) is 0 Å². The Labute approximate surface area is 167 Å². The van der Waals surface area contributed by atoms with Gasteiger partial charge in [-0.15, -0.1) is 23.7 Å². The van der Waals surface area contributed by atoms with E-state index >= 15 is 0 Å². The summed E-state index contributed by atoms with van der Waals surface area (Å²) in [7, 11) is 0.